The van der Waals surface area contributed by atoms with E-state index >= 15 is 0 Å². The molecular formula is C11H6F2N2O. The van der Waals surface area contributed by atoms with Crippen LogP contribution >= 0.6 is 0 Å². The summed E-state index contributed by atoms with van der Waals surface area (Å²) < 4.78 is 31.4. The minimum absolute atomic E-state index is 0.0219. The first-order chi connectivity index (χ1) is 7.75. The molecule has 0 radical (unpaired) electrons. The second kappa shape index (κ2) is 3.16. The zero-order valence-corrected chi connectivity index (χ0v) is 8.00. The smallest absolute Gasteiger partial charge is 0.186 e. The van der Waals surface area contributed by atoms with E-state index in [1.165, 1.54) is 12.3 Å². The molecule has 2 heterocycles. The van der Waals surface area contributed by atoms with Gasteiger partial charge in [0.25, 0.3) is 0 Å². The molecule has 0 fully saturated rings. The number of aromatic nitrogens is 2. The molecule has 5 heteroatoms. The molecule has 3 aromatic rings. The SMILES string of the molecule is Fc1ccc2[nH]c(-c3ccco3)nc2c1F. The molecule has 2 aromatic heterocycles. The highest BCUT2D eigenvalue weighted by Gasteiger charge is 2.13. The average molecular weight is 220 g/mol. The molecular weight excluding hydrogens is 214 g/mol. The van der Waals surface area contributed by atoms with Crippen LogP contribution in [0.2, 0.25) is 0 Å². The number of benzene rings is 1. The molecule has 0 aliphatic rings. The summed E-state index contributed by atoms with van der Waals surface area (Å²) in [6, 6.07) is 5.88. The highest BCUT2D eigenvalue weighted by molar-refractivity contribution is 5.79. The summed E-state index contributed by atoms with van der Waals surface area (Å²) in [5.41, 5.74) is 0.414. The Morgan fingerprint density at radius 3 is 2.81 bits per heavy atom. The van der Waals surface area contributed by atoms with E-state index in [4.69, 9.17) is 4.42 Å². The Balaban J connectivity index is 2.28. The molecule has 1 aromatic carbocycles. The van der Waals surface area contributed by atoms with Crippen LogP contribution in [0.1, 0.15) is 0 Å². The van der Waals surface area contributed by atoms with Crippen molar-refractivity contribution >= 4 is 11.0 Å². The van der Waals surface area contributed by atoms with E-state index in [0.717, 1.165) is 6.07 Å². The van der Waals surface area contributed by atoms with E-state index in [9.17, 15) is 8.78 Å². The predicted octanol–water partition coefficient (Wildman–Crippen LogP) is 3.10. The van der Waals surface area contributed by atoms with Crippen molar-refractivity contribution in [1.29, 1.82) is 0 Å². The van der Waals surface area contributed by atoms with E-state index in [-0.39, 0.29) is 5.52 Å². The quantitative estimate of drug-likeness (QED) is 0.684. The first-order valence-corrected chi connectivity index (χ1v) is 4.63. The Bertz CT molecular complexity index is 643. The van der Waals surface area contributed by atoms with Gasteiger partial charge in [0, 0.05) is 0 Å². The van der Waals surface area contributed by atoms with Crippen molar-refractivity contribution in [3.05, 3.63) is 42.2 Å². The zero-order chi connectivity index (χ0) is 11.1. The third kappa shape index (κ3) is 1.21. The third-order valence-electron chi connectivity index (χ3n) is 2.30. The normalized spacial score (nSPS) is 11.1. The Morgan fingerprint density at radius 1 is 1.19 bits per heavy atom. The number of nitrogens with one attached hydrogen (secondary N) is 1. The number of hydrogen-bond acceptors (Lipinski definition) is 2. The maximum atomic E-state index is 13.4. The maximum Gasteiger partial charge on any atom is 0.186 e. The van der Waals surface area contributed by atoms with Gasteiger partial charge in [-0.2, -0.15) is 0 Å². The lowest BCUT2D eigenvalue weighted by molar-refractivity contribution is 0.515. The lowest BCUT2D eigenvalue weighted by Gasteiger charge is -1.91. The molecule has 1 N–H and O–H groups in total. The first kappa shape index (κ1) is 9.08. The van der Waals surface area contributed by atoms with E-state index in [0.29, 0.717) is 17.1 Å². The van der Waals surface area contributed by atoms with Gasteiger partial charge in [0.2, 0.25) is 0 Å². The van der Waals surface area contributed by atoms with Gasteiger partial charge in [0.15, 0.2) is 23.2 Å². The van der Waals surface area contributed by atoms with Crippen molar-refractivity contribution in [3.8, 4) is 11.6 Å². The molecule has 0 saturated heterocycles. The summed E-state index contributed by atoms with van der Waals surface area (Å²) >= 11 is 0. The molecule has 0 atom stereocenters. The second-order valence-electron chi connectivity index (χ2n) is 3.32. The molecule has 0 amide bonds. The van der Waals surface area contributed by atoms with Crippen molar-refractivity contribution in [2.75, 3.05) is 0 Å². The number of nitrogens with zero attached hydrogens (tertiary/aromatic N) is 1. The molecule has 0 saturated carbocycles. The van der Waals surface area contributed by atoms with Crippen LogP contribution in [-0.2, 0) is 0 Å². The molecule has 0 unspecified atom stereocenters. The number of aromatic amines is 1. The van der Waals surface area contributed by atoms with Crippen molar-refractivity contribution in [3.63, 3.8) is 0 Å². The van der Waals surface area contributed by atoms with Crippen molar-refractivity contribution in [2.24, 2.45) is 0 Å². The predicted molar refractivity (Wildman–Crippen MR) is 53.7 cm³/mol. The average Bonchev–Trinajstić information content (AvgIpc) is 2.91. The van der Waals surface area contributed by atoms with Gasteiger partial charge in [0.1, 0.15) is 5.52 Å². The Kier molecular flexibility index (Phi) is 1.80. The van der Waals surface area contributed by atoms with Crippen LogP contribution in [0.3, 0.4) is 0 Å². The van der Waals surface area contributed by atoms with E-state index in [2.05, 4.69) is 9.97 Å². The van der Waals surface area contributed by atoms with Gasteiger partial charge in [-0.25, -0.2) is 13.8 Å². The van der Waals surface area contributed by atoms with Gasteiger partial charge >= 0.3 is 0 Å². The fraction of sp³-hybridized carbons (Fsp3) is 0. The van der Waals surface area contributed by atoms with Gasteiger partial charge < -0.3 is 9.40 Å². The molecule has 0 aliphatic carbocycles. The number of rotatable bonds is 1. The summed E-state index contributed by atoms with van der Waals surface area (Å²) in [5.74, 6) is -1.00. The molecule has 0 aliphatic heterocycles. The summed E-state index contributed by atoms with van der Waals surface area (Å²) in [6.45, 7) is 0. The summed E-state index contributed by atoms with van der Waals surface area (Å²) in [4.78, 5) is 6.81. The highest BCUT2D eigenvalue weighted by atomic mass is 19.2. The van der Waals surface area contributed by atoms with Gasteiger partial charge in [0.05, 0.1) is 11.8 Å². The monoisotopic (exact) mass is 220 g/mol. The number of furan rings is 1. The molecule has 3 nitrogen and oxygen atoms in total. The lowest BCUT2D eigenvalue weighted by atomic mass is 10.3. The highest BCUT2D eigenvalue weighted by Crippen LogP contribution is 2.23. The number of fused-ring (bicyclic) bond motifs is 1. The van der Waals surface area contributed by atoms with E-state index in [1.807, 2.05) is 0 Å². The van der Waals surface area contributed by atoms with Crippen LogP contribution in [0.4, 0.5) is 8.78 Å². The van der Waals surface area contributed by atoms with Crippen molar-refractivity contribution in [1.82, 2.24) is 9.97 Å². The van der Waals surface area contributed by atoms with E-state index in [1.54, 1.807) is 12.1 Å². The minimum atomic E-state index is -0.952. The second-order valence-corrected chi connectivity index (χ2v) is 3.32. The third-order valence-corrected chi connectivity index (χ3v) is 2.30. The summed E-state index contributed by atoms with van der Waals surface area (Å²) in [5, 5.41) is 0. The van der Waals surface area contributed by atoms with Gasteiger partial charge in [-0.05, 0) is 24.3 Å². The van der Waals surface area contributed by atoms with Crippen molar-refractivity contribution < 1.29 is 13.2 Å². The summed E-state index contributed by atoms with van der Waals surface area (Å²) in [7, 11) is 0. The molecule has 0 bridgehead atoms. The fourth-order valence-electron chi connectivity index (χ4n) is 1.55. The molecule has 80 valence electrons. The maximum absolute atomic E-state index is 13.4. The Labute approximate surface area is 88.7 Å². The Morgan fingerprint density at radius 2 is 2.06 bits per heavy atom. The summed E-state index contributed by atoms with van der Waals surface area (Å²) in [6.07, 6.45) is 1.49. The van der Waals surface area contributed by atoms with Gasteiger partial charge in [-0.15, -0.1) is 0 Å². The van der Waals surface area contributed by atoms with Gasteiger partial charge in [-0.1, -0.05) is 0 Å². The van der Waals surface area contributed by atoms with Crippen molar-refractivity contribution in [2.45, 2.75) is 0 Å². The number of H-pyrrole nitrogens is 1. The number of hydrogen-bond donors (Lipinski definition) is 1. The van der Waals surface area contributed by atoms with Crippen LogP contribution in [0.5, 0.6) is 0 Å². The molecule has 3 rings (SSSR count). The first-order valence-electron chi connectivity index (χ1n) is 4.63. The number of halogens is 2. The molecule has 16 heavy (non-hydrogen) atoms. The van der Waals surface area contributed by atoms with Crippen LogP contribution in [-0.4, -0.2) is 9.97 Å². The minimum Gasteiger partial charge on any atom is -0.461 e. The van der Waals surface area contributed by atoms with Crippen LogP contribution < -0.4 is 0 Å². The van der Waals surface area contributed by atoms with Gasteiger partial charge in [-0.3, -0.25) is 0 Å². The fourth-order valence-corrected chi connectivity index (χ4v) is 1.55. The molecule has 0 spiro atoms. The Hall–Kier alpha value is -2.17. The van der Waals surface area contributed by atoms with E-state index < -0.39 is 11.6 Å². The zero-order valence-electron chi connectivity index (χ0n) is 8.00. The standard InChI is InChI=1S/C11H6F2N2O/c12-6-3-4-7-10(9(6)13)15-11(14-7)8-2-1-5-16-8/h1-5H,(H,14,15). The number of imidazole rings is 1. The van der Waals surface area contributed by atoms with Crippen LogP contribution in [0, 0.1) is 11.6 Å². The largest absolute Gasteiger partial charge is 0.461 e. The van der Waals surface area contributed by atoms with Crippen LogP contribution in [0.15, 0.2) is 34.9 Å². The topological polar surface area (TPSA) is 41.8 Å². The van der Waals surface area contributed by atoms with Crippen LogP contribution in [0.25, 0.3) is 22.6 Å². The lowest BCUT2D eigenvalue weighted by Crippen LogP contribution is -1.84.